The molecule has 10 atom stereocenters. The largest absolute Gasteiger partial charge is 0.392 e. The minimum absolute atomic E-state index is 0.0244. The van der Waals surface area contributed by atoms with E-state index in [1.54, 1.807) is 0 Å². The Balaban J connectivity index is 1.30. The molecule has 2 aromatic rings. The summed E-state index contributed by atoms with van der Waals surface area (Å²) < 4.78 is 43.9. The third-order valence-corrected chi connectivity index (χ3v) is 9.18. The zero-order valence-electron chi connectivity index (χ0n) is 26.7. The fourth-order valence-corrected chi connectivity index (χ4v) is 6.79. The Labute approximate surface area is 256 Å². The first-order valence-electron chi connectivity index (χ1n) is 15.7. The van der Waals surface area contributed by atoms with E-state index in [0.717, 1.165) is 11.1 Å². The van der Waals surface area contributed by atoms with Gasteiger partial charge >= 0.3 is 0 Å². The van der Waals surface area contributed by atoms with E-state index in [-0.39, 0.29) is 48.1 Å². The number of ether oxygens (including phenoxy) is 7. The predicted octanol–water partition coefficient (Wildman–Crippen LogP) is 5.70. The second-order valence-corrected chi connectivity index (χ2v) is 13.4. The molecule has 238 valence electrons. The van der Waals surface area contributed by atoms with E-state index in [9.17, 15) is 5.11 Å². The van der Waals surface area contributed by atoms with E-state index in [1.165, 1.54) is 0 Å². The average molecular weight is 599 g/mol. The third kappa shape index (κ3) is 7.86. The molecule has 0 amide bonds. The van der Waals surface area contributed by atoms with E-state index >= 15 is 0 Å². The van der Waals surface area contributed by atoms with Crippen LogP contribution in [0.1, 0.15) is 59.6 Å². The Morgan fingerprint density at radius 1 is 0.814 bits per heavy atom. The first kappa shape index (κ1) is 32.5. The van der Waals surface area contributed by atoms with Crippen molar-refractivity contribution in [2.24, 2.45) is 23.7 Å². The average Bonchev–Trinajstić information content (AvgIpc) is 3.61. The van der Waals surface area contributed by atoms with Gasteiger partial charge in [0.15, 0.2) is 17.9 Å². The number of hydrogen-bond donors (Lipinski definition) is 1. The Kier molecular flexibility index (Phi) is 10.3. The van der Waals surface area contributed by atoms with Crippen LogP contribution in [-0.4, -0.2) is 66.7 Å². The van der Waals surface area contributed by atoms with Crippen LogP contribution < -0.4 is 0 Å². The van der Waals surface area contributed by atoms with Gasteiger partial charge in [0.25, 0.3) is 0 Å². The molecule has 0 unspecified atom stereocenters. The van der Waals surface area contributed by atoms with Crippen molar-refractivity contribution in [3.05, 3.63) is 71.8 Å². The number of fused-ring (bicyclic) bond motifs is 1. The van der Waals surface area contributed by atoms with Crippen LogP contribution in [0.25, 0.3) is 0 Å². The smallest absolute Gasteiger partial charge is 0.187 e. The molecule has 43 heavy (non-hydrogen) atoms. The molecule has 3 aliphatic heterocycles. The van der Waals surface area contributed by atoms with Crippen LogP contribution in [0, 0.1) is 23.7 Å². The molecule has 5 rings (SSSR count). The van der Waals surface area contributed by atoms with Gasteiger partial charge in [0.2, 0.25) is 0 Å². The lowest BCUT2D eigenvalue weighted by molar-refractivity contribution is -0.223. The lowest BCUT2D eigenvalue weighted by Crippen LogP contribution is -2.47. The van der Waals surface area contributed by atoms with Gasteiger partial charge in [0, 0.05) is 23.7 Å². The maximum Gasteiger partial charge on any atom is 0.187 e. The van der Waals surface area contributed by atoms with Crippen LogP contribution >= 0.6 is 0 Å². The molecule has 3 saturated heterocycles. The summed E-state index contributed by atoms with van der Waals surface area (Å²) in [5, 5.41) is 11.9. The minimum atomic E-state index is -0.740. The topological polar surface area (TPSA) is 84.8 Å². The molecule has 0 bridgehead atoms. The molecule has 3 fully saturated rings. The summed E-state index contributed by atoms with van der Waals surface area (Å²) in [6.45, 7) is 15.7. The summed E-state index contributed by atoms with van der Waals surface area (Å²) >= 11 is 0. The van der Waals surface area contributed by atoms with Gasteiger partial charge in [-0.05, 0) is 38.8 Å². The maximum absolute atomic E-state index is 11.9. The van der Waals surface area contributed by atoms with Crippen molar-refractivity contribution >= 4 is 0 Å². The highest BCUT2D eigenvalue weighted by molar-refractivity contribution is 5.14. The van der Waals surface area contributed by atoms with Gasteiger partial charge in [-0.2, -0.15) is 0 Å². The Morgan fingerprint density at radius 3 is 2.05 bits per heavy atom. The van der Waals surface area contributed by atoms with Gasteiger partial charge in [-0.3, -0.25) is 0 Å². The summed E-state index contributed by atoms with van der Waals surface area (Å²) in [6, 6.07) is 20.2. The number of aliphatic hydroxyl groups excluding tert-OH is 1. The van der Waals surface area contributed by atoms with Crippen LogP contribution in [0.4, 0.5) is 0 Å². The highest BCUT2D eigenvalue weighted by atomic mass is 16.8. The molecule has 0 radical (unpaired) electrons. The number of rotatable bonds is 13. The van der Waals surface area contributed by atoms with Gasteiger partial charge in [0.05, 0.1) is 50.8 Å². The molecule has 2 aromatic carbocycles. The molecule has 3 aliphatic rings. The molecule has 8 nitrogen and oxygen atoms in total. The van der Waals surface area contributed by atoms with Gasteiger partial charge < -0.3 is 38.3 Å². The molecule has 0 aliphatic carbocycles. The monoisotopic (exact) mass is 598 g/mol. The van der Waals surface area contributed by atoms with E-state index in [2.05, 4.69) is 38.1 Å². The van der Waals surface area contributed by atoms with Crippen molar-refractivity contribution in [1.29, 1.82) is 0 Å². The Bertz CT molecular complexity index is 1140. The van der Waals surface area contributed by atoms with Gasteiger partial charge in [-0.15, -0.1) is 0 Å². The minimum Gasteiger partial charge on any atom is -0.392 e. The molecule has 0 aromatic heterocycles. The van der Waals surface area contributed by atoms with Gasteiger partial charge in [-0.25, -0.2) is 0 Å². The summed E-state index contributed by atoms with van der Waals surface area (Å²) in [6.07, 6.45) is -2.28. The molecule has 3 heterocycles. The second-order valence-electron chi connectivity index (χ2n) is 13.4. The van der Waals surface area contributed by atoms with Crippen molar-refractivity contribution in [1.82, 2.24) is 0 Å². The van der Waals surface area contributed by atoms with Crippen molar-refractivity contribution in [2.45, 2.75) is 110 Å². The summed E-state index contributed by atoms with van der Waals surface area (Å²) in [7, 11) is 0. The van der Waals surface area contributed by atoms with Crippen molar-refractivity contribution in [3.63, 3.8) is 0 Å². The molecule has 0 saturated carbocycles. The lowest BCUT2D eigenvalue weighted by Gasteiger charge is -2.39. The van der Waals surface area contributed by atoms with Crippen LogP contribution in [-0.2, 0) is 46.4 Å². The fourth-order valence-electron chi connectivity index (χ4n) is 6.79. The fraction of sp³-hybridized carbons (Fsp3) is 0.657. The molecular formula is C35H50O8. The van der Waals surface area contributed by atoms with Crippen molar-refractivity contribution in [2.75, 3.05) is 13.2 Å². The quantitative estimate of drug-likeness (QED) is 0.314. The maximum atomic E-state index is 11.9. The van der Waals surface area contributed by atoms with Crippen LogP contribution in [0.3, 0.4) is 0 Å². The predicted molar refractivity (Wildman–Crippen MR) is 162 cm³/mol. The summed E-state index contributed by atoms with van der Waals surface area (Å²) in [4.78, 5) is 0. The molecule has 1 N–H and O–H groups in total. The Hall–Kier alpha value is -1.88. The lowest BCUT2D eigenvalue weighted by atomic mass is 9.78. The van der Waals surface area contributed by atoms with Crippen molar-refractivity contribution in [3.8, 4) is 0 Å². The normalized spacial score (nSPS) is 31.3. The highest BCUT2D eigenvalue weighted by Gasteiger charge is 2.57. The molecule has 0 spiro atoms. The standard InChI is InChI=1S/C35H50O8/c1-22(28-21-39-34(4,5)41-28)30(38-19-26-16-12-9-13-17-26)23(2)29(36)24(3)31-27(20-37-18-25-14-10-8-11-15-25)32-33(40-31)43-35(6,7)42-32/h8-17,22-24,27-33,36H,18-21H2,1-7H3/t22-,23+,24+,27-,28-,29+,30-,31-,32-,33-/m1/s1. The molecular weight excluding hydrogens is 548 g/mol. The SMILES string of the molecule is C[C@@H]([C@H](O)[C@H](C)[C@H]1O[C@@H]2OC(C)(C)O[C@@H]2[C@@H]1COCc1ccccc1)[C@H](OCc1ccccc1)[C@H](C)[C@H]1COC(C)(C)O1. The summed E-state index contributed by atoms with van der Waals surface area (Å²) in [5.41, 5.74) is 2.19. The number of benzene rings is 2. The summed E-state index contributed by atoms with van der Waals surface area (Å²) in [5.74, 6) is -1.99. The molecule has 8 heteroatoms. The van der Waals surface area contributed by atoms with Gasteiger partial charge in [0.1, 0.15) is 6.10 Å². The third-order valence-electron chi connectivity index (χ3n) is 9.18. The highest BCUT2D eigenvalue weighted by Crippen LogP contribution is 2.45. The van der Waals surface area contributed by atoms with Crippen molar-refractivity contribution < 1.29 is 38.3 Å². The number of aliphatic hydroxyl groups is 1. The number of hydrogen-bond acceptors (Lipinski definition) is 8. The van der Waals surface area contributed by atoms with E-state index < -0.39 is 24.0 Å². The van der Waals surface area contributed by atoms with Crippen LogP contribution in [0.5, 0.6) is 0 Å². The van der Waals surface area contributed by atoms with E-state index in [4.69, 9.17) is 33.2 Å². The first-order valence-corrected chi connectivity index (χ1v) is 15.7. The van der Waals surface area contributed by atoms with E-state index in [0.29, 0.717) is 26.4 Å². The van der Waals surface area contributed by atoms with Gasteiger partial charge in [-0.1, -0.05) is 81.4 Å². The second kappa shape index (κ2) is 13.6. The zero-order valence-corrected chi connectivity index (χ0v) is 26.7. The Morgan fingerprint density at radius 2 is 1.44 bits per heavy atom. The van der Waals surface area contributed by atoms with E-state index in [1.807, 2.05) is 71.0 Å². The first-order chi connectivity index (χ1) is 20.4. The van der Waals surface area contributed by atoms with Crippen LogP contribution in [0.2, 0.25) is 0 Å². The zero-order chi connectivity index (χ0) is 30.8. The van der Waals surface area contributed by atoms with Crippen LogP contribution in [0.15, 0.2) is 60.7 Å².